The van der Waals surface area contributed by atoms with Crippen molar-refractivity contribution in [2.45, 2.75) is 6.42 Å². The molecule has 0 bridgehead atoms. The number of benzene rings is 1. The van der Waals surface area contributed by atoms with Gasteiger partial charge in [-0.05, 0) is 36.2 Å². The van der Waals surface area contributed by atoms with Crippen molar-refractivity contribution in [3.63, 3.8) is 0 Å². The van der Waals surface area contributed by atoms with Gasteiger partial charge in [0.2, 0.25) is 0 Å². The first-order valence-corrected chi connectivity index (χ1v) is 6.24. The lowest BCUT2D eigenvalue weighted by Gasteiger charge is -2.06. The average Bonchev–Trinajstić information content (AvgIpc) is 2.46. The van der Waals surface area contributed by atoms with Crippen molar-refractivity contribution in [1.29, 1.82) is 0 Å². The Morgan fingerprint density at radius 2 is 1.90 bits per heavy atom. The number of nitrogens with two attached hydrogens (primary N) is 1. The third-order valence-electron chi connectivity index (χ3n) is 2.80. The van der Waals surface area contributed by atoms with Crippen molar-refractivity contribution in [2.24, 2.45) is 5.84 Å². The lowest BCUT2D eigenvalue weighted by molar-refractivity contribution is 0.0954. The second-order valence-corrected chi connectivity index (χ2v) is 4.36. The van der Waals surface area contributed by atoms with E-state index in [4.69, 9.17) is 5.84 Å². The zero-order valence-electron chi connectivity index (χ0n) is 11.1. The first-order chi connectivity index (χ1) is 10.1. The SMILES string of the molecule is NNc1ccc(C(=O)NCCc2cc(F)cc(F)c2)cn1. The van der Waals surface area contributed by atoms with Gasteiger partial charge < -0.3 is 10.7 Å². The van der Waals surface area contributed by atoms with Crippen molar-refractivity contribution < 1.29 is 13.6 Å². The molecule has 2 aromatic rings. The molecule has 4 N–H and O–H groups in total. The summed E-state index contributed by atoms with van der Waals surface area (Å²) < 4.78 is 26.0. The third-order valence-corrected chi connectivity index (χ3v) is 2.80. The van der Waals surface area contributed by atoms with Crippen LogP contribution in [0.4, 0.5) is 14.6 Å². The molecule has 110 valence electrons. The molecule has 21 heavy (non-hydrogen) atoms. The number of anilines is 1. The Hall–Kier alpha value is -2.54. The Bertz CT molecular complexity index is 611. The number of rotatable bonds is 5. The number of carbonyl (C=O) groups excluding carboxylic acids is 1. The highest BCUT2D eigenvalue weighted by atomic mass is 19.1. The monoisotopic (exact) mass is 292 g/mol. The molecule has 2 rings (SSSR count). The van der Waals surface area contributed by atoms with E-state index in [1.807, 2.05) is 0 Å². The van der Waals surface area contributed by atoms with Gasteiger partial charge in [-0.2, -0.15) is 0 Å². The summed E-state index contributed by atoms with van der Waals surface area (Å²) in [5.74, 6) is 4.03. The smallest absolute Gasteiger partial charge is 0.252 e. The van der Waals surface area contributed by atoms with Gasteiger partial charge in [-0.25, -0.2) is 19.6 Å². The van der Waals surface area contributed by atoms with Crippen LogP contribution >= 0.6 is 0 Å². The molecular weight excluding hydrogens is 278 g/mol. The van der Waals surface area contributed by atoms with E-state index in [2.05, 4.69) is 15.7 Å². The highest BCUT2D eigenvalue weighted by molar-refractivity contribution is 5.94. The van der Waals surface area contributed by atoms with Crippen LogP contribution in [0.2, 0.25) is 0 Å². The van der Waals surface area contributed by atoms with Gasteiger partial charge in [-0.1, -0.05) is 0 Å². The topological polar surface area (TPSA) is 80.0 Å². The van der Waals surface area contributed by atoms with Crippen molar-refractivity contribution in [2.75, 3.05) is 12.0 Å². The molecule has 0 aliphatic carbocycles. The van der Waals surface area contributed by atoms with Crippen LogP contribution in [0.15, 0.2) is 36.5 Å². The summed E-state index contributed by atoms with van der Waals surface area (Å²) in [6.07, 6.45) is 1.71. The molecule has 5 nitrogen and oxygen atoms in total. The van der Waals surface area contributed by atoms with Crippen molar-refractivity contribution in [3.05, 3.63) is 59.3 Å². The fourth-order valence-corrected chi connectivity index (χ4v) is 1.79. The lowest BCUT2D eigenvalue weighted by atomic mass is 10.1. The molecule has 1 aromatic heterocycles. The molecule has 0 atom stereocenters. The van der Waals surface area contributed by atoms with E-state index < -0.39 is 11.6 Å². The first-order valence-electron chi connectivity index (χ1n) is 6.24. The van der Waals surface area contributed by atoms with E-state index >= 15 is 0 Å². The quantitative estimate of drug-likeness (QED) is 0.578. The summed E-state index contributed by atoms with van der Waals surface area (Å²) in [7, 11) is 0. The number of nitrogens with one attached hydrogen (secondary N) is 2. The average molecular weight is 292 g/mol. The van der Waals surface area contributed by atoms with Crippen molar-refractivity contribution in [1.82, 2.24) is 10.3 Å². The van der Waals surface area contributed by atoms with Crippen LogP contribution in [0.3, 0.4) is 0 Å². The van der Waals surface area contributed by atoms with Gasteiger partial charge in [-0.3, -0.25) is 4.79 Å². The molecule has 0 unspecified atom stereocenters. The third kappa shape index (κ3) is 4.22. The van der Waals surface area contributed by atoms with Crippen LogP contribution in [0.5, 0.6) is 0 Å². The van der Waals surface area contributed by atoms with E-state index in [1.54, 1.807) is 12.1 Å². The first kappa shape index (κ1) is 14.9. The molecule has 1 aromatic carbocycles. The van der Waals surface area contributed by atoms with Crippen LogP contribution in [0.25, 0.3) is 0 Å². The molecular formula is C14H14F2N4O. The largest absolute Gasteiger partial charge is 0.352 e. The molecule has 1 amide bonds. The Balaban J connectivity index is 1.88. The number of nitrogen functional groups attached to an aromatic ring is 1. The maximum Gasteiger partial charge on any atom is 0.252 e. The lowest BCUT2D eigenvalue weighted by Crippen LogP contribution is -2.26. The molecule has 0 radical (unpaired) electrons. The van der Waals surface area contributed by atoms with Gasteiger partial charge >= 0.3 is 0 Å². The number of hydrazine groups is 1. The van der Waals surface area contributed by atoms with Gasteiger partial charge in [0.25, 0.3) is 5.91 Å². The second kappa shape index (κ2) is 6.76. The van der Waals surface area contributed by atoms with Crippen molar-refractivity contribution in [3.8, 4) is 0 Å². The summed E-state index contributed by atoms with van der Waals surface area (Å²) in [6, 6.07) is 6.41. The fraction of sp³-hybridized carbons (Fsp3) is 0.143. The number of halogens is 2. The van der Waals surface area contributed by atoms with Crippen LogP contribution in [0, 0.1) is 11.6 Å². The van der Waals surface area contributed by atoms with Crippen molar-refractivity contribution >= 4 is 11.7 Å². The highest BCUT2D eigenvalue weighted by Gasteiger charge is 2.06. The van der Waals surface area contributed by atoms with Crippen LogP contribution < -0.4 is 16.6 Å². The summed E-state index contributed by atoms with van der Waals surface area (Å²) in [5, 5.41) is 2.65. The number of amides is 1. The zero-order valence-corrected chi connectivity index (χ0v) is 11.1. The Kier molecular flexibility index (Phi) is 4.78. The maximum atomic E-state index is 13.0. The molecule has 1 heterocycles. The van der Waals surface area contributed by atoms with Gasteiger partial charge in [-0.15, -0.1) is 0 Å². The Morgan fingerprint density at radius 3 is 2.48 bits per heavy atom. The predicted octanol–water partition coefficient (Wildman–Crippen LogP) is 1.62. The highest BCUT2D eigenvalue weighted by Crippen LogP contribution is 2.08. The van der Waals surface area contributed by atoms with E-state index in [9.17, 15) is 13.6 Å². The number of hydrogen-bond donors (Lipinski definition) is 3. The fourth-order valence-electron chi connectivity index (χ4n) is 1.79. The van der Waals surface area contributed by atoms with Gasteiger partial charge in [0, 0.05) is 18.8 Å². The summed E-state index contributed by atoms with van der Waals surface area (Å²) >= 11 is 0. The van der Waals surface area contributed by atoms with Gasteiger partial charge in [0.15, 0.2) is 0 Å². The number of nitrogens with zero attached hydrogens (tertiary/aromatic N) is 1. The molecule has 0 aliphatic rings. The zero-order chi connectivity index (χ0) is 15.2. The van der Waals surface area contributed by atoms with Crippen LogP contribution in [0.1, 0.15) is 15.9 Å². The molecule has 7 heteroatoms. The van der Waals surface area contributed by atoms with Crippen LogP contribution in [-0.2, 0) is 6.42 Å². The molecule has 0 spiro atoms. The van der Waals surface area contributed by atoms with Gasteiger partial charge in [0.05, 0.1) is 5.56 Å². The summed E-state index contributed by atoms with van der Waals surface area (Å²) in [6.45, 7) is 0.263. The number of carbonyl (C=O) groups is 1. The number of pyridine rings is 1. The Labute approximate surface area is 120 Å². The minimum absolute atomic E-state index is 0.263. The number of hydrogen-bond acceptors (Lipinski definition) is 4. The van der Waals surface area contributed by atoms with Crippen LogP contribution in [-0.4, -0.2) is 17.4 Å². The van der Waals surface area contributed by atoms with E-state index in [1.165, 1.54) is 18.3 Å². The van der Waals surface area contributed by atoms with E-state index in [0.717, 1.165) is 6.07 Å². The molecule has 0 fully saturated rings. The van der Waals surface area contributed by atoms with E-state index in [-0.39, 0.29) is 12.5 Å². The maximum absolute atomic E-state index is 13.0. The summed E-state index contributed by atoms with van der Waals surface area (Å²) in [4.78, 5) is 15.7. The molecule has 0 saturated heterocycles. The Morgan fingerprint density at radius 1 is 1.19 bits per heavy atom. The molecule has 0 saturated carbocycles. The predicted molar refractivity (Wildman–Crippen MR) is 74.4 cm³/mol. The summed E-state index contributed by atoms with van der Waals surface area (Å²) in [5.41, 5.74) is 3.21. The minimum Gasteiger partial charge on any atom is -0.352 e. The normalized spacial score (nSPS) is 10.2. The molecule has 0 aliphatic heterocycles. The number of aromatic nitrogens is 1. The standard InChI is InChI=1S/C14H14F2N4O/c15-11-5-9(6-12(16)7-11)3-4-18-14(21)10-1-2-13(20-17)19-8-10/h1-2,5-8H,3-4,17H2,(H,18,21)(H,19,20). The van der Waals surface area contributed by atoms with Gasteiger partial charge in [0.1, 0.15) is 17.5 Å². The second-order valence-electron chi connectivity index (χ2n) is 4.36. The minimum atomic E-state index is -0.634. The van der Waals surface area contributed by atoms with E-state index in [0.29, 0.717) is 23.4 Å².